The molecule has 5 rings (SSSR count). The molecule has 0 fully saturated rings. The third-order valence-corrected chi connectivity index (χ3v) is 6.83. The molecule has 0 saturated heterocycles. The zero-order valence-electron chi connectivity index (χ0n) is 17.7. The van der Waals surface area contributed by atoms with E-state index in [1.54, 1.807) is 23.1 Å². The highest BCUT2D eigenvalue weighted by Gasteiger charge is 2.36. The van der Waals surface area contributed by atoms with E-state index in [9.17, 15) is 4.79 Å². The lowest BCUT2D eigenvalue weighted by molar-refractivity contribution is -0.114. The number of rotatable bonds is 5. The summed E-state index contributed by atoms with van der Waals surface area (Å²) in [6.45, 7) is 0.346. The van der Waals surface area contributed by atoms with Crippen molar-refractivity contribution in [3.05, 3.63) is 111 Å². The Hall–Kier alpha value is -3.32. The average Bonchev–Trinajstić information content (AvgIpc) is 3.28. The predicted octanol–water partition coefficient (Wildman–Crippen LogP) is 6.88. The van der Waals surface area contributed by atoms with Crippen molar-refractivity contribution in [2.45, 2.75) is 6.61 Å². The van der Waals surface area contributed by atoms with Crippen LogP contribution in [0.4, 0.5) is 0 Å². The number of hydrogen-bond donors (Lipinski definition) is 1. The third kappa shape index (κ3) is 4.53. The minimum Gasteiger partial charge on any atom is -0.489 e. The fourth-order valence-electron chi connectivity index (χ4n) is 3.54. The Kier molecular flexibility index (Phi) is 6.28. The quantitative estimate of drug-likeness (QED) is 0.384. The van der Waals surface area contributed by atoms with E-state index < -0.39 is 5.91 Å². The fourth-order valence-corrected chi connectivity index (χ4v) is 4.75. The summed E-state index contributed by atoms with van der Waals surface area (Å²) in [5, 5.41) is 12.1. The van der Waals surface area contributed by atoms with Gasteiger partial charge in [0.05, 0.1) is 21.3 Å². The number of carbonyl (C=O) groups is 1. The van der Waals surface area contributed by atoms with Crippen LogP contribution in [0, 0.1) is 5.41 Å². The van der Waals surface area contributed by atoms with Gasteiger partial charge in [-0.2, -0.15) is 4.99 Å². The maximum atomic E-state index is 12.7. The van der Waals surface area contributed by atoms with Crippen LogP contribution in [0.15, 0.2) is 88.8 Å². The normalized spacial score (nSPS) is 16.4. The van der Waals surface area contributed by atoms with Crippen LogP contribution in [0.5, 0.6) is 5.75 Å². The van der Waals surface area contributed by atoms with Crippen molar-refractivity contribution in [3.8, 4) is 5.75 Å². The Morgan fingerprint density at radius 1 is 1.00 bits per heavy atom. The standard InChI is InChI=1S/C26H17Cl2N3O2S/c27-21-11-8-17(13-22(21)28)14-33-19-9-6-16(7-10-19)12-20-24(29)31-23(18-4-2-1-3-5-18)15-34-26(31)30-25(20)32/h1-13,15,29H,14H2/b20-12-,29-24?. The molecule has 1 amide bonds. The third-order valence-electron chi connectivity index (χ3n) is 5.26. The van der Waals surface area contributed by atoms with Crippen molar-refractivity contribution in [2.75, 3.05) is 0 Å². The maximum absolute atomic E-state index is 12.7. The number of ether oxygens (including phenoxy) is 1. The van der Waals surface area contributed by atoms with Gasteiger partial charge in [0.1, 0.15) is 18.2 Å². The summed E-state index contributed by atoms with van der Waals surface area (Å²) < 4.78 is 5.82. The van der Waals surface area contributed by atoms with Gasteiger partial charge in [-0.15, -0.1) is 0 Å². The smallest absolute Gasteiger partial charge is 0.283 e. The molecule has 0 bridgehead atoms. The molecule has 3 aromatic rings. The van der Waals surface area contributed by atoms with Crippen LogP contribution in [0.3, 0.4) is 0 Å². The molecule has 0 saturated carbocycles. The van der Waals surface area contributed by atoms with Gasteiger partial charge in [0, 0.05) is 5.41 Å². The first kappa shape index (κ1) is 22.5. The molecule has 2 aliphatic rings. The minimum absolute atomic E-state index is 0.107. The molecule has 8 heteroatoms. The van der Waals surface area contributed by atoms with Gasteiger partial charge in [-0.3, -0.25) is 15.1 Å². The number of aliphatic imine (C=N–C) groups is 1. The molecule has 0 atom stereocenters. The number of benzene rings is 3. The SMILES string of the molecule is N=C1/C(=C/c2ccc(OCc3ccc(Cl)c(Cl)c3)cc2)C(=O)N=C2SC=C(c3ccccc3)N12. The molecule has 0 aliphatic carbocycles. The molecule has 2 heterocycles. The zero-order chi connectivity index (χ0) is 23.7. The number of amidine groups is 2. The lowest BCUT2D eigenvalue weighted by atomic mass is 10.1. The largest absolute Gasteiger partial charge is 0.489 e. The first-order valence-corrected chi connectivity index (χ1v) is 12.0. The molecule has 0 radical (unpaired) electrons. The number of carbonyl (C=O) groups excluding carboxylic acids is 1. The van der Waals surface area contributed by atoms with Gasteiger partial charge < -0.3 is 4.74 Å². The molecule has 5 nitrogen and oxygen atoms in total. The van der Waals surface area contributed by atoms with Crippen molar-refractivity contribution in [3.63, 3.8) is 0 Å². The number of hydrogen-bond acceptors (Lipinski definition) is 4. The number of amides is 1. The first-order chi connectivity index (χ1) is 16.5. The first-order valence-electron chi connectivity index (χ1n) is 10.3. The Labute approximate surface area is 210 Å². The van der Waals surface area contributed by atoms with E-state index in [1.165, 1.54) is 11.8 Å². The maximum Gasteiger partial charge on any atom is 0.283 e. The van der Waals surface area contributed by atoms with Crippen LogP contribution < -0.4 is 4.74 Å². The van der Waals surface area contributed by atoms with E-state index in [4.69, 9.17) is 33.3 Å². The monoisotopic (exact) mass is 505 g/mol. The summed E-state index contributed by atoms with van der Waals surface area (Å²) in [4.78, 5) is 18.6. The van der Waals surface area contributed by atoms with E-state index >= 15 is 0 Å². The van der Waals surface area contributed by atoms with Gasteiger partial charge in [0.2, 0.25) is 0 Å². The topological polar surface area (TPSA) is 65.8 Å². The van der Waals surface area contributed by atoms with Gasteiger partial charge in [0.15, 0.2) is 5.17 Å². The lowest BCUT2D eigenvalue weighted by Gasteiger charge is -2.26. The summed E-state index contributed by atoms with van der Waals surface area (Å²) in [7, 11) is 0. The minimum atomic E-state index is -0.425. The van der Waals surface area contributed by atoms with Crippen LogP contribution in [0.25, 0.3) is 11.8 Å². The Balaban J connectivity index is 1.33. The summed E-state index contributed by atoms with van der Waals surface area (Å²) in [5.41, 5.74) is 3.70. The molecule has 0 aromatic heterocycles. The molecular formula is C26H17Cl2N3O2S. The van der Waals surface area contributed by atoms with Crippen LogP contribution >= 0.6 is 35.0 Å². The van der Waals surface area contributed by atoms with E-state index in [-0.39, 0.29) is 11.4 Å². The van der Waals surface area contributed by atoms with Crippen molar-refractivity contribution < 1.29 is 9.53 Å². The van der Waals surface area contributed by atoms with Gasteiger partial charge >= 0.3 is 0 Å². The fraction of sp³-hybridized carbons (Fsp3) is 0.0385. The lowest BCUT2D eigenvalue weighted by Crippen LogP contribution is -2.37. The highest BCUT2D eigenvalue weighted by molar-refractivity contribution is 8.17. The van der Waals surface area contributed by atoms with E-state index in [2.05, 4.69) is 4.99 Å². The molecule has 0 spiro atoms. The second-order valence-electron chi connectivity index (χ2n) is 7.53. The summed E-state index contributed by atoms with van der Waals surface area (Å²) in [5.74, 6) is 0.352. The number of halogens is 2. The van der Waals surface area contributed by atoms with E-state index in [1.807, 2.05) is 66.1 Å². The Morgan fingerprint density at radius 2 is 1.76 bits per heavy atom. The molecule has 0 unspecified atom stereocenters. The van der Waals surface area contributed by atoms with E-state index in [0.717, 1.165) is 22.4 Å². The highest BCUT2D eigenvalue weighted by Crippen LogP contribution is 2.37. The molecule has 168 valence electrons. The Bertz CT molecular complexity index is 1380. The summed E-state index contributed by atoms with van der Waals surface area (Å²) in [6.07, 6.45) is 1.68. The van der Waals surface area contributed by atoms with Crippen LogP contribution in [0.1, 0.15) is 16.7 Å². The number of nitrogens with one attached hydrogen (secondary N) is 1. The average molecular weight is 506 g/mol. The van der Waals surface area contributed by atoms with Crippen molar-refractivity contribution in [2.24, 2.45) is 4.99 Å². The molecule has 2 aliphatic heterocycles. The zero-order valence-corrected chi connectivity index (χ0v) is 20.0. The van der Waals surface area contributed by atoms with Crippen LogP contribution in [0.2, 0.25) is 10.0 Å². The second-order valence-corrected chi connectivity index (χ2v) is 9.19. The van der Waals surface area contributed by atoms with Gasteiger partial charge in [-0.1, -0.05) is 83.5 Å². The summed E-state index contributed by atoms with van der Waals surface area (Å²) >= 11 is 13.4. The molecule has 34 heavy (non-hydrogen) atoms. The molecule has 1 N–H and O–H groups in total. The van der Waals surface area contributed by atoms with Crippen molar-refractivity contribution >= 4 is 63.6 Å². The van der Waals surface area contributed by atoms with Crippen LogP contribution in [-0.4, -0.2) is 21.8 Å². The molecular weight excluding hydrogens is 489 g/mol. The number of nitrogens with zero attached hydrogens (tertiary/aromatic N) is 2. The number of thioether (sulfide) groups is 1. The summed E-state index contributed by atoms with van der Waals surface area (Å²) in [6, 6.07) is 22.4. The Morgan fingerprint density at radius 3 is 2.50 bits per heavy atom. The van der Waals surface area contributed by atoms with Crippen molar-refractivity contribution in [1.29, 1.82) is 5.41 Å². The van der Waals surface area contributed by atoms with Gasteiger partial charge in [0.25, 0.3) is 5.91 Å². The van der Waals surface area contributed by atoms with Gasteiger partial charge in [-0.05, 0) is 47.0 Å². The van der Waals surface area contributed by atoms with Gasteiger partial charge in [-0.25, -0.2) is 0 Å². The molecule has 3 aromatic carbocycles. The highest BCUT2D eigenvalue weighted by atomic mass is 35.5. The predicted molar refractivity (Wildman–Crippen MR) is 139 cm³/mol. The van der Waals surface area contributed by atoms with Crippen molar-refractivity contribution in [1.82, 2.24) is 4.90 Å². The number of fused-ring (bicyclic) bond motifs is 1. The van der Waals surface area contributed by atoms with Crippen LogP contribution in [-0.2, 0) is 11.4 Å². The van der Waals surface area contributed by atoms with E-state index in [0.29, 0.717) is 27.6 Å². The second kappa shape index (κ2) is 9.50.